The lowest BCUT2D eigenvalue weighted by atomic mass is 10.3. The average Bonchev–Trinajstić information content (AvgIpc) is 2.36. The van der Waals surface area contributed by atoms with Crippen molar-refractivity contribution in [1.82, 2.24) is 0 Å². The van der Waals surface area contributed by atoms with Crippen LogP contribution in [0.5, 0.6) is 5.75 Å². The molecule has 0 aliphatic rings. The molecule has 0 saturated carbocycles. The summed E-state index contributed by atoms with van der Waals surface area (Å²) in [6.45, 7) is 0. The first-order valence-electron chi connectivity index (χ1n) is 4.82. The lowest BCUT2D eigenvalue weighted by molar-refractivity contribution is 0.433. The minimum absolute atomic E-state index is 0.172. The molecule has 0 radical (unpaired) electrons. The number of hydrogen-bond donors (Lipinski definition) is 1. The topological polar surface area (TPSA) is 45.0 Å². The van der Waals surface area contributed by atoms with E-state index in [4.69, 9.17) is 16.7 Å². The van der Waals surface area contributed by atoms with Gasteiger partial charge in [0, 0.05) is 0 Å². The zero-order valence-corrected chi connectivity index (χ0v) is 9.39. The van der Waals surface area contributed by atoms with Gasteiger partial charge in [-0.3, -0.25) is 0 Å². The maximum atomic E-state index is 13.2. The molecule has 0 saturated heterocycles. The standard InChI is InChI=1S/C12H8ClFN2O/c13-11-9(6-7-10(17)12(11)14)16-15-8-4-2-1-3-5-8/h1-7,17H/b16-15+. The van der Waals surface area contributed by atoms with E-state index in [-0.39, 0.29) is 10.7 Å². The van der Waals surface area contributed by atoms with Gasteiger partial charge in [-0.25, -0.2) is 4.39 Å². The second-order valence-electron chi connectivity index (χ2n) is 3.27. The second-order valence-corrected chi connectivity index (χ2v) is 3.65. The molecule has 0 amide bonds. The van der Waals surface area contributed by atoms with Gasteiger partial charge >= 0.3 is 0 Å². The van der Waals surface area contributed by atoms with E-state index in [0.717, 1.165) is 0 Å². The second kappa shape index (κ2) is 4.93. The zero-order chi connectivity index (χ0) is 12.3. The highest BCUT2D eigenvalue weighted by Gasteiger charge is 2.10. The Morgan fingerprint density at radius 3 is 2.41 bits per heavy atom. The van der Waals surface area contributed by atoms with Gasteiger partial charge in [0.1, 0.15) is 10.7 Å². The van der Waals surface area contributed by atoms with E-state index in [1.807, 2.05) is 18.2 Å². The van der Waals surface area contributed by atoms with E-state index in [0.29, 0.717) is 5.69 Å². The first-order valence-corrected chi connectivity index (χ1v) is 5.20. The summed E-state index contributed by atoms with van der Waals surface area (Å²) >= 11 is 5.68. The lowest BCUT2D eigenvalue weighted by Gasteiger charge is -2.00. The van der Waals surface area contributed by atoms with E-state index < -0.39 is 11.6 Å². The minimum atomic E-state index is -0.892. The van der Waals surface area contributed by atoms with E-state index in [2.05, 4.69) is 10.2 Å². The number of phenolic OH excluding ortho intramolecular Hbond substituents is 1. The summed E-state index contributed by atoms with van der Waals surface area (Å²) in [4.78, 5) is 0. The van der Waals surface area contributed by atoms with Crippen LogP contribution in [0.2, 0.25) is 5.02 Å². The van der Waals surface area contributed by atoms with Crippen LogP contribution >= 0.6 is 11.6 Å². The van der Waals surface area contributed by atoms with Gasteiger partial charge in [0.25, 0.3) is 0 Å². The maximum absolute atomic E-state index is 13.2. The number of phenols is 1. The fourth-order valence-electron chi connectivity index (χ4n) is 1.21. The Labute approximate surface area is 102 Å². The molecule has 1 N–H and O–H groups in total. The average molecular weight is 251 g/mol. The summed E-state index contributed by atoms with van der Waals surface area (Å²) in [6, 6.07) is 11.6. The summed E-state index contributed by atoms with van der Waals surface area (Å²) in [5.74, 6) is -1.40. The molecule has 5 heteroatoms. The van der Waals surface area contributed by atoms with Crippen LogP contribution in [0.15, 0.2) is 52.7 Å². The molecule has 0 spiro atoms. The zero-order valence-electron chi connectivity index (χ0n) is 8.64. The molecule has 17 heavy (non-hydrogen) atoms. The van der Waals surface area contributed by atoms with Crippen LogP contribution in [-0.2, 0) is 0 Å². The van der Waals surface area contributed by atoms with E-state index in [1.54, 1.807) is 12.1 Å². The van der Waals surface area contributed by atoms with Crippen LogP contribution in [0, 0.1) is 5.82 Å². The summed E-state index contributed by atoms with van der Waals surface area (Å²) in [6.07, 6.45) is 0. The number of azo groups is 1. The van der Waals surface area contributed by atoms with Gasteiger partial charge in [-0.2, -0.15) is 5.11 Å². The van der Waals surface area contributed by atoms with Crippen LogP contribution in [0.3, 0.4) is 0 Å². The third-order valence-corrected chi connectivity index (χ3v) is 2.43. The molecular formula is C12H8ClFN2O. The third-order valence-electron chi connectivity index (χ3n) is 2.07. The highest BCUT2D eigenvalue weighted by atomic mass is 35.5. The first-order chi connectivity index (χ1) is 8.18. The van der Waals surface area contributed by atoms with Crippen LogP contribution in [0.4, 0.5) is 15.8 Å². The lowest BCUT2D eigenvalue weighted by Crippen LogP contribution is -1.78. The molecule has 0 fully saturated rings. The SMILES string of the molecule is Oc1ccc(/N=N/c2ccccc2)c(Cl)c1F. The van der Waals surface area contributed by atoms with Gasteiger partial charge < -0.3 is 5.11 Å². The van der Waals surface area contributed by atoms with Crippen molar-refractivity contribution >= 4 is 23.0 Å². The molecule has 0 bridgehead atoms. The number of nitrogens with zero attached hydrogens (tertiary/aromatic N) is 2. The van der Waals surface area contributed by atoms with Gasteiger partial charge in [0.15, 0.2) is 11.6 Å². The van der Waals surface area contributed by atoms with Crippen LogP contribution < -0.4 is 0 Å². The number of rotatable bonds is 2. The molecule has 0 atom stereocenters. The Kier molecular flexibility index (Phi) is 3.35. The normalized spacial score (nSPS) is 10.9. The van der Waals surface area contributed by atoms with Crippen molar-refractivity contribution in [3.63, 3.8) is 0 Å². The van der Waals surface area contributed by atoms with Gasteiger partial charge in [-0.1, -0.05) is 29.8 Å². The van der Waals surface area contributed by atoms with Gasteiger partial charge in [-0.15, -0.1) is 5.11 Å². The number of hydrogen-bond acceptors (Lipinski definition) is 3. The quantitative estimate of drug-likeness (QED) is 0.778. The molecule has 86 valence electrons. The van der Waals surface area contributed by atoms with Crippen LogP contribution in [-0.4, -0.2) is 5.11 Å². The molecule has 0 aromatic heterocycles. The van der Waals surface area contributed by atoms with Crippen molar-refractivity contribution in [2.24, 2.45) is 10.2 Å². The van der Waals surface area contributed by atoms with Crippen molar-refractivity contribution in [2.45, 2.75) is 0 Å². The smallest absolute Gasteiger partial charge is 0.185 e. The Morgan fingerprint density at radius 2 is 1.71 bits per heavy atom. The number of benzene rings is 2. The molecule has 2 aromatic carbocycles. The summed E-state index contributed by atoms with van der Waals surface area (Å²) in [7, 11) is 0. The molecule has 0 heterocycles. The Hall–Kier alpha value is -1.94. The molecule has 0 unspecified atom stereocenters. The van der Waals surface area contributed by atoms with Crippen molar-refractivity contribution in [1.29, 1.82) is 0 Å². The van der Waals surface area contributed by atoms with Gasteiger partial charge in [0.05, 0.1) is 5.69 Å². The predicted octanol–water partition coefficient (Wildman–Crippen LogP) is 4.60. The number of halogens is 2. The Bertz CT molecular complexity index is 558. The fourth-order valence-corrected chi connectivity index (χ4v) is 1.41. The monoisotopic (exact) mass is 250 g/mol. The number of aromatic hydroxyl groups is 1. The van der Waals surface area contributed by atoms with Crippen molar-refractivity contribution in [3.05, 3.63) is 53.3 Å². The van der Waals surface area contributed by atoms with Crippen LogP contribution in [0.25, 0.3) is 0 Å². The molecule has 3 nitrogen and oxygen atoms in total. The van der Waals surface area contributed by atoms with E-state index >= 15 is 0 Å². The molecule has 2 aromatic rings. The summed E-state index contributed by atoms with van der Waals surface area (Å²) in [5.41, 5.74) is 0.808. The Balaban J connectivity index is 2.31. The summed E-state index contributed by atoms with van der Waals surface area (Å²) < 4.78 is 13.2. The van der Waals surface area contributed by atoms with Crippen molar-refractivity contribution < 1.29 is 9.50 Å². The molecule has 0 aliphatic carbocycles. The molecular weight excluding hydrogens is 243 g/mol. The van der Waals surface area contributed by atoms with E-state index in [1.165, 1.54) is 12.1 Å². The Morgan fingerprint density at radius 1 is 1.00 bits per heavy atom. The van der Waals surface area contributed by atoms with Gasteiger partial charge in [0.2, 0.25) is 0 Å². The molecule has 0 aliphatic heterocycles. The first kappa shape index (κ1) is 11.5. The van der Waals surface area contributed by atoms with Crippen molar-refractivity contribution in [2.75, 3.05) is 0 Å². The molecule has 2 rings (SSSR count). The van der Waals surface area contributed by atoms with Crippen molar-refractivity contribution in [3.8, 4) is 5.75 Å². The fraction of sp³-hybridized carbons (Fsp3) is 0. The van der Waals surface area contributed by atoms with E-state index in [9.17, 15) is 4.39 Å². The van der Waals surface area contributed by atoms with Gasteiger partial charge in [-0.05, 0) is 24.3 Å². The third kappa shape index (κ3) is 2.60. The highest BCUT2D eigenvalue weighted by Crippen LogP contribution is 2.33. The highest BCUT2D eigenvalue weighted by molar-refractivity contribution is 6.33. The predicted molar refractivity (Wildman–Crippen MR) is 63.7 cm³/mol. The minimum Gasteiger partial charge on any atom is -0.505 e. The maximum Gasteiger partial charge on any atom is 0.185 e. The summed E-state index contributed by atoms with van der Waals surface area (Å²) in [5, 5.41) is 16.6. The van der Waals surface area contributed by atoms with Crippen LogP contribution in [0.1, 0.15) is 0 Å². The largest absolute Gasteiger partial charge is 0.505 e.